The number of rotatable bonds is 3. The second-order valence-corrected chi connectivity index (χ2v) is 5.13. The molecule has 0 fully saturated rings. The van der Waals surface area contributed by atoms with E-state index in [2.05, 4.69) is 31.2 Å². The maximum atomic E-state index is 9.27. The highest BCUT2D eigenvalue weighted by molar-refractivity contribution is 5.32. The van der Waals surface area contributed by atoms with Crippen molar-refractivity contribution in [1.82, 2.24) is 0 Å². The molecule has 2 rings (SSSR count). The molecule has 94 valence electrons. The van der Waals surface area contributed by atoms with Gasteiger partial charge in [-0.25, -0.2) is 0 Å². The Morgan fingerprint density at radius 2 is 1.56 bits per heavy atom. The second kappa shape index (κ2) is 4.83. The fourth-order valence-corrected chi connectivity index (χ4v) is 2.07. The number of phenols is 1. The number of benzene rings is 2. The summed E-state index contributed by atoms with van der Waals surface area (Å²) in [6.07, 6.45) is 0.746. The molecule has 0 saturated heterocycles. The molecule has 1 unspecified atom stereocenters. The third-order valence-electron chi connectivity index (χ3n) is 3.22. The lowest BCUT2D eigenvalue weighted by Crippen LogP contribution is -2.35. The van der Waals surface area contributed by atoms with Crippen LogP contribution in [0, 0.1) is 6.92 Å². The highest BCUT2D eigenvalue weighted by Gasteiger charge is 2.21. The smallest absolute Gasteiger partial charge is 0.115 e. The molecule has 2 heteroatoms. The van der Waals surface area contributed by atoms with Gasteiger partial charge in [0.1, 0.15) is 5.75 Å². The third kappa shape index (κ3) is 2.90. The summed E-state index contributed by atoms with van der Waals surface area (Å²) in [7, 11) is 0. The van der Waals surface area contributed by atoms with Crippen molar-refractivity contribution in [3.63, 3.8) is 0 Å². The van der Waals surface area contributed by atoms with E-state index in [1.165, 1.54) is 5.56 Å². The van der Waals surface area contributed by atoms with Crippen molar-refractivity contribution in [1.29, 1.82) is 0 Å². The molecule has 2 aromatic carbocycles. The van der Waals surface area contributed by atoms with Crippen molar-refractivity contribution in [2.24, 2.45) is 5.73 Å². The molecule has 0 heterocycles. The van der Waals surface area contributed by atoms with Crippen LogP contribution in [0.3, 0.4) is 0 Å². The topological polar surface area (TPSA) is 46.2 Å². The lowest BCUT2D eigenvalue weighted by Gasteiger charge is -2.25. The summed E-state index contributed by atoms with van der Waals surface area (Å²) in [5, 5.41) is 9.27. The zero-order valence-corrected chi connectivity index (χ0v) is 10.9. The number of hydrogen-bond donors (Lipinski definition) is 2. The van der Waals surface area contributed by atoms with Crippen LogP contribution in [0.2, 0.25) is 0 Å². The first-order valence-electron chi connectivity index (χ1n) is 6.11. The molecule has 0 aliphatic heterocycles. The Morgan fingerprint density at radius 1 is 1.00 bits per heavy atom. The van der Waals surface area contributed by atoms with E-state index in [-0.39, 0.29) is 5.75 Å². The van der Waals surface area contributed by atoms with Crippen molar-refractivity contribution >= 4 is 0 Å². The third-order valence-corrected chi connectivity index (χ3v) is 3.22. The van der Waals surface area contributed by atoms with Gasteiger partial charge in [0.2, 0.25) is 0 Å². The van der Waals surface area contributed by atoms with E-state index in [1.807, 2.05) is 19.1 Å². The van der Waals surface area contributed by atoms with E-state index in [4.69, 9.17) is 5.73 Å². The van der Waals surface area contributed by atoms with Crippen LogP contribution in [0.5, 0.6) is 5.75 Å². The first-order valence-corrected chi connectivity index (χ1v) is 6.11. The maximum absolute atomic E-state index is 9.27. The molecule has 0 amide bonds. The van der Waals surface area contributed by atoms with Crippen molar-refractivity contribution in [2.75, 3.05) is 0 Å². The van der Waals surface area contributed by atoms with Crippen LogP contribution in [-0.2, 0) is 12.0 Å². The monoisotopic (exact) mass is 241 g/mol. The molecule has 1 atom stereocenters. The fraction of sp³-hybridized carbons (Fsp3) is 0.250. The van der Waals surface area contributed by atoms with E-state index < -0.39 is 5.54 Å². The summed E-state index contributed by atoms with van der Waals surface area (Å²) >= 11 is 0. The van der Waals surface area contributed by atoms with E-state index in [9.17, 15) is 5.11 Å². The van der Waals surface area contributed by atoms with Gasteiger partial charge in [0, 0.05) is 5.54 Å². The summed E-state index contributed by atoms with van der Waals surface area (Å²) in [5.74, 6) is 0.285. The summed E-state index contributed by atoms with van der Waals surface area (Å²) in [6, 6.07) is 15.5. The summed E-state index contributed by atoms with van der Waals surface area (Å²) in [4.78, 5) is 0. The molecule has 0 bridgehead atoms. The van der Waals surface area contributed by atoms with Gasteiger partial charge >= 0.3 is 0 Å². The van der Waals surface area contributed by atoms with Crippen LogP contribution in [0.1, 0.15) is 23.6 Å². The number of nitrogens with two attached hydrogens (primary N) is 1. The average Bonchev–Trinajstić information content (AvgIpc) is 2.32. The van der Waals surface area contributed by atoms with E-state index >= 15 is 0 Å². The molecule has 18 heavy (non-hydrogen) atoms. The zero-order valence-electron chi connectivity index (χ0n) is 10.9. The van der Waals surface area contributed by atoms with Gasteiger partial charge < -0.3 is 10.8 Å². The zero-order chi connectivity index (χ0) is 13.2. The highest BCUT2D eigenvalue weighted by Crippen LogP contribution is 2.24. The normalized spacial score (nSPS) is 14.2. The minimum absolute atomic E-state index is 0.285. The minimum atomic E-state index is -0.398. The molecule has 0 saturated carbocycles. The standard InChI is InChI=1S/C16H19NO/c1-12-3-7-14(8-4-12)16(2,17)11-13-5-9-15(18)10-6-13/h3-10,18H,11,17H2,1-2H3. The van der Waals surface area contributed by atoms with Gasteiger partial charge in [-0.05, 0) is 43.5 Å². The van der Waals surface area contributed by atoms with Gasteiger partial charge in [0.15, 0.2) is 0 Å². The number of phenolic OH excluding ortho intramolecular Hbond substituents is 1. The molecule has 0 radical (unpaired) electrons. The lowest BCUT2D eigenvalue weighted by atomic mass is 9.86. The Morgan fingerprint density at radius 3 is 2.11 bits per heavy atom. The molecular weight excluding hydrogens is 222 g/mol. The van der Waals surface area contributed by atoms with Crippen LogP contribution in [0.4, 0.5) is 0 Å². The lowest BCUT2D eigenvalue weighted by molar-refractivity contribution is 0.472. The molecule has 3 N–H and O–H groups in total. The first-order chi connectivity index (χ1) is 8.47. The molecule has 0 aromatic heterocycles. The Bertz CT molecular complexity index is 512. The number of hydrogen-bond acceptors (Lipinski definition) is 2. The van der Waals surface area contributed by atoms with Gasteiger partial charge in [-0.3, -0.25) is 0 Å². The van der Waals surface area contributed by atoms with Gasteiger partial charge in [-0.2, -0.15) is 0 Å². The fourth-order valence-electron chi connectivity index (χ4n) is 2.07. The van der Waals surface area contributed by atoms with Crippen molar-refractivity contribution in [3.8, 4) is 5.75 Å². The van der Waals surface area contributed by atoms with E-state index in [0.717, 1.165) is 17.5 Å². The van der Waals surface area contributed by atoms with Gasteiger partial charge in [-0.1, -0.05) is 42.0 Å². The molecule has 0 spiro atoms. The van der Waals surface area contributed by atoms with E-state index in [1.54, 1.807) is 12.1 Å². The Hall–Kier alpha value is -1.80. The molecule has 2 nitrogen and oxygen atoms in total. The quantitative estimate of drug-likeness (QED) is 0.867. The van der Waals surface area contributed by atoms with Crippen molar-refractivity contribution in [2.45, 2.75) is 25.8 Å². The largest absolute Gasteiger partial charge is 0.508 e. The molecule has 2 aromatic rings. The first kappa shape index (κ1) is 12.7. The van der Waals surface area contributed by atoms with Crippen LogP contribution in [0.15, 0.2) is 48.5 Å². The highest BCUT2D eigenvalue weighted by atomic mass is 16.3. The molecule has 0 aliphatic rings. The van der Waals surface area contributed by atoms with Crippen LogP contribution >= 0.6 is 0 Å². The summed E-state index contributed by atoms with van der Waals surface area (Å²) < 4.78 is 0. The Labute approximate surface area is 108 Å². The molecular formula is C16H19NO. The maximum Gasteiger partial charge on any atom is 0.115 e. The van der Waals surface area contributed by atoms with Gasteiger partial charge in [-0.15, -0.1) is 0 Å². The molecule has 0 aliphatic carbocycles. The van der Waals surface area contributed by atoms with Crippen LogP contribution < -0.4 is 5.73 Å². The predicted octanol–water partition coefficient (Wildman–Crippen LogP) is 3.12. The SMILES string of the molecule is Cc1ccc(C(C)(N)Cc2ccc(O)cc2)cc1. The number of aromatic hydroxyl groups is 1. The van der Waals surface area contributed by atoms with Gasteiger partial charge in [0.05, 0.1) is 0 Å². The minimum Gasteiger partial charge on any atom is -0.508 e. The number of aryl methyl sites for hydroxylation is 1. The van der Waals surface area contributed by atoms with Crippen molar-refractivity contribution < 1.29 is 5.11 Å². The van der Waals surface area contributed by atoms with Crippen LogP contribution in [-0.4, -0.2) is 5.11 Å². The predicted molar refractivity (Wildman–Crippen MR) is 74.5 cm³/mol. The van der Waals surface area contributed by atoms with Crippen molar-refractivity contribution in [3.05, 3.63) is 65.2 Å². The Balaban J connectivity index is 2.20. The second-order valence-electron chi connectivity index (χ2n) is 5.13. The van der Waals surface area contributed by atoms with Crippen LogP contribution in [0.25, 0.3) is 0 Å². The summed E-state index contributed by atoms with van der Waals surface area (Å²) in [6.45, 7) is 4.10. The average molecular weight is 241 g/mol. The van der Waals surface area contributed by atoms with Gasteiger partial charge in [0.25, 0.3) is 0 Å². The Kier molecular flexibility index (Phi) is 3.39. The summed E-state index contributed by atoms with van der Waals surface area (Å²) in [5.41, 5.74) is 9.48. The van der Waals surface area contributed by atoms with E-state index in [0.29, 0.717) is 0 Å².